The van der Waals surface area contributed by atoms with Crippen molar-refractivity contribution in [2.45, 2.75) is 51.5 Å². The van der Waals surface area contributed by atoms with Crippen LogP contribution in [0, 0.1) is 5.92 Å². The second-order valence-corrected chi connectivity index (χ2v) is 10.1. The van der Waals surface area contributed by atoms with Gasteiger partial charge in [0.15, 0.2) is 6.54 Å². The summed E-state index contributed by atoms with van der Waals surface area (Å²) < 4.78 is 32.6. The molecule has 0 aromatic heterocycles. The van der Waals surface area contributed by atoms with Crippen LogP contribution < -0.4 is 15.0 Å². The molecule has 1 atom stereocenters. The number of nitrogens with one attached hydrogen (secondary N) is 2. The van der Waals surface area contributed by atoms with Gasteiger partial charge >= 0.3 is 0 Å². The molecule has 2 rings (SSSR count). The summed E-state index contributed by atoms with van der Waals surface area (Å²) in [5.74, 6) is 1.33. The Kier molecular flexibility index (Phi) is 8.92. The first-order valence-corrected chi connectivity index (χ1v) is 12.0. The van der Waals surface area contributed by atoms with E-state index in [0.29, 0.717) is 51.0 Å². The van der Waals surface area contributed by atoms with E-state index in [1.165, 1.54) is 4.31 Å². The van der Waals surface area contributed by atoms with Crippen molar-refractivity contribution in [2.24, 2.45) is 5.92 Å². The van der Waals surface area contributed by atoms with Gasteiger partial charge in [-0.05, 0) is 56.9 Å². The molecule has 0 spiro atoms. The number of ether oxygens (including phenoxy) is 1. The van der Waals surface area contributed by atoms with Crippen LogP contribution in [-0.2, 0) is 14.8 Å². The van der Waals surface area contributed by atoms with Crippen molar-refractivity contribution >= 4 is 15.9 Å². The van der Waals surface area contributed by atoms with Gasteiger partial charge in [0.1, 0.15) is 5.75 Å². The van der Waals surface area contributed by atoms with Gasteiger partial charge < -0.3 is 15.0 Å². The Balaban J connectivity index is 1.82. The van der Waals surface area contributed by atoms with E-state index >= 15 is 0 Å². The molecular formula is C21H36N3O4S+. The lowest BCUT2D eigenvalue weighted by Crippen LogP contribution is -3.15. The van der Waals surface area contributed by atoms with Gasteiger partial charge in [0.05, 0.1) is 37.7 Å². The maximum atomic E-state index is 12.9. The molecule has 1 aliphatic rings. The molecule has 7 nitrogen and oxygen atoms in total. The molecule has 1 amide bonds. The van der Waals surface area contributed by atoms with Gasteiger partial charge in [0.25, 0.3) is 5.91 Å². The third kappa shape index (κ3) is 7.28. The molecule has 0 radical (unpaired) electrons. The zero-order chi connectivity index (χ0) is 21.4. The molecule has 1 aliphatic heterocycles. The van der Waals surface area contributed by atoms with Crippen molar-refractivity contribution < 1.29 is 22.8 Å². The Bertz CT molecular complexity index is 742. The Morgan fingerprint density at radius 1 is 1.14 bits per heavy atom. The van der Waals surface area contributed by atoms with E-state index < -0.39 is 10.0 Å². The fourth-order valence-electron chi connectivity index (χ4n) is 3.45. The van der Waals surface area contributed by atoms with Crippen LogP contribution in [0.1, 0.15) is 40.5 Å². The van der Waals surface area contributed by atoms with Gasteiger partial charge in [-0.1, -0.05) is 13.8 Å². The predicted molar refractivity (Wildman–Crippen MR) is 114 cm³/mol. The van der Waals surface area contributed by atoms with E-state index in [9.17, 15) is 13.2 Å². The van der Waals surface area contributed by atoms with Crippen LogP contribution in [-0.4, -0.2) is 64.0 Å². The number of amides is 1. The van der Waals surface area contributed by atoms with Crippen molar-refractivity contribution in [1.82, 2.24) is 9.62 Å². The third-order valence-corrected chi connectivity index (χ3v) is 7.11. The Hall–Kier alpha value is -1.64. The minimum Gasteiger partial charge on any atom is -0.494 e. The standard InChI is InChI=1S/C21H35N3O4S/c1-5-28-19-8-10-20(11-9-19)29(26,27)24-14-12-23(13-15-24)16-21(25)22-18(4)7-6-17(2)3/h8-11,17-18H,5-7,12-16H2,1-4H3,(H,22,25)/p+1/t18-/m1/s1. The largest absolute Gasteiger partial charge is 0.494 e. The van der Waals surface area contributed by atoms with Crippen molar-refractivity contribution in [3.63, 3.8) is 0 Å². The Morgan fingerprint density at radius 3 is 2.31 bits per heavy atom. The van der Waals surface area contributed by atoms with Gasteiger partial charge in [-0.25, -0.2) is 8.42 Å². The van der Waals surface area contributed by atoms with Gasteiger partial charge in [0.2, 0.25) is 10.0 Å². The first-order chi connectivity index (χ1) is 13.7. The van der Waals surface area contributed by atoms with E-state index in [1.54, 1.807) is 24.3 Å². The number of sulfonamides is 1. The lowest BCUT2D eigenvalue weighted by Gasteiger charge is -2.31. The van der Waals surface area contributed by atoms with E-state index in [-0.39, 0.29) is 16.8 Å². The van der Waals surface area contributed by atoms with Crippen LogP contribution in [0.2, 0.25) is 0 Å². The smallest absolute Gasteiger partial charge is 0.275 e. The van der Waals surface area contributed by atoms with Gasteiger partial charge in [-0.15, -0.1) is 0 Å². The molecule has 1 saturated heterocycles. The summed E-state index contributed by atoms with van der Waals surface area (Å²) >= 11 is 0. The average molecular weight is 427 g/mol. The minimum absolute atomic E-state index is 0.0408. The lowest BCUT2D eigenvalue weighted by atomic mass is 10.0. The number of hydrogen-bond donors (Lipinski definition) is 2. The zero-order valence-electron chi connectivity index (χ0n) is 18.1. The summed E-state index contributed by atoms with van der Waals surface area (Å²) in [5, 5.41) is 3.06. The number of nitrogens with zero attached hydrogens (tertiary/aromatic N) is 1. The fourth-order valence-corrected chi connectivity index (χ4v) is 4.89. The normalized spacial score (nSPS) is 17.3. The summed E-state index contributed by atoms with van der Waals surface area (Å²) in [7, 11) is -3.52. The Labute approximate surface area is 175 Å². The maximum Gasteiger partial charge on any atom is 0.275 e. The summed E-state index contributed by atoms with van der Waals surface area (Å²) in [6.45, 7) is 11.3. The predicted octanol–water partition coefficient (Wildman–Crippen LogP) is 0.915. The monoisotopic (exact) mass is 426 g/mol. The van der Waals surface area contributed by atoms with Crippen LogP contribution in [0.3, 0.4) is 0 Å². The first-order valence-electron chi connectivity index (χ1n) is 10.6. The minimum atomic E-state index is -3.52. The van der Waals surface area contributed by atoms with Crippen molar-refractivity contribution in [3.8, 4) is 5.75 Å². The van der Waals surface area contributed by atoms with Crippen molar-refractivity contribution in [3.05, 3.63) is 24.3 Å². The molecule has 0 unspecified atom stereocenters. The van der Waals surface area contributed by atoms with Crippen LogP contribution in [0.5, 0.6) is 5.75 Å². The molecule has 1 fully saturated rings. The highest BCUT2D eigenvalue weighted by Gasteiger charge is 2.31. The number of carbonyl (C=O) groups is 1. The zero-order valence-corrected chi connectivity index (χ0v) is 18.9. The molecule has 0 saturated carbocycles. The van der Waals surface area contributed by atoms with Crippen LogP contribution in [0.15, 0.2) is 29.2 Å². The number of carbonyl (C=O) groups excluding carboxylic acids is 1. The highest BCUT2D eigenvalue weighted by molar-refractivity contribution is 7.89. The highest BCUT2D eigenvalue weighted by atomic mass is 32.2. The topological polar surface area (TPSA) is 80.2 Å². The van der Waals surface area contributed by atoms with Gasteiger partial charge in [-0.3, -0.25) is 4.79 Å². The van der Waals surface area contributed by atoms with E-state index in [1.807, 2.05) is 13.8 Å². The highest BCUT2D eigenvalue weighted by Crippen LogP contribution is 2.19. The van der Waals surface area contributed by atoms with E-state index in [2.05, 4.69) is 19.2 Å². The number of benzene rings is 1. The van der Waals surface area contributed by atoms with E-state index in [0.717, 1.165) is 17.7 Å². The maximum absolute atomic E-state index is 12.9. The molecule has 29 heavy (non-hydrogen) atoms. The number of quaternary nitrogens is 1. The summed E-state index contributed by atoms with van der Waals surface area (Å²) in [4.78, 5) is 13.7. The van der Waals surface area contributed by atoms with Crippen molar-refractivity contribution in [1.29, 1.82) is 0 Å². The number of rotatable bonds is 10. The molecule has 164 valence electrons. The van der Waals surface area contributed by atoms with Gasteiger partial charge in [-0.2, -0.15) is 4.31 Å². The first kappa shape index (κ1) is 23.6. The molecule has 8 heteroatoms. The summed E-state index contributed by atoms with van der Waals surface area (Å²) in [5.41, 5.74) is 0. The molecule has 1 aromatic rings. The average Bonchev–Trinajstić information content (AvgIpc) is 2.67. The molecular weight excluding hydrogens is 390 g/mol. The summed E-state index contributed by atoms with van der Waals surface area (Å²) in [6.07, 6.45) is 2.07. The third-order valence-electron chi connectivity index (χ3n) is 5.20. The number of hydrogen-bond acceptors (Lipinski definition) is 4. The molecule has 0 aliphatic carbocycles. The number of piperazine rings is 1. The SMILES string of the molecule is CCOc1ccc(S(=O)(=O)N2CC[NH+](CC(=O)N[C@H](C)CCC(C)C)CC2)cc1. The lowest BCUT2D eigenvalue weighted by molar-refractivity contribution is -0.895. The second kappa shape index (κ2) is 10.9. The quantitative estimate of drug-likeness (QED) is 0.583. The van der Waals surface area contributed by atoms with Crippen LogP contribution in [0.4, 0.5) is 0 Å². The second-order valence-electron chi connectivity index (χ2n) is 8.18. The molecule has 1 aromatic carbocycles. The fraction of sp³-hybridized carbons (Fsp3) is 0.667. The van der Waals surface area contributed by atoms with E-state index in [4.69, 9.17) is 4.74 Å². The van der Waals surface area contributed by atoms with Gasteiger partial charge in [0, 0.05) is 6.04 Å². The van der Waals surface area contributed by atoms with Crippen molar-refractivity contribution in [2.75, 3.05) is 39.3 Å². The van der Waals surface area contributed by atoms with Crippen LogP contribution >= 0.6 is 0 Å². The summed E-state index contributed by atoms with van der Waals surface area (Å²) in [6, 6.07) is 6.72. The molecule has 1 heterocycles. The molecule has 0 bridgehead atoms. The molecule has 2 N–H and O–H groups in total. The van der Waals surface area contributed by atoms with Crippen LogP contribution in [0.25, 0.3) is 0 Å². The Morgan fingerprint density at radius 2 is 1.76 bits per heavy atom.